The standard InChI is InChI=1S/C17H27FN2/c1-3-14-6-5-10-20(13-14)11-9-17(19-2)15-7-4-8-16(18)12-15/h4,7-8,12,14,17,19H,3,5-6,9-11,13H2,1-2H3. The molecule has 0 aromatic heterocycles. The van der Waals surface area contributed by atoms with Crippen molar-refractivity contribution in [2.24, 2.45) is 5.92 Å². The Balaban J connectivity index is 1.87. The van der Waals surface area contributed by atoms with E-state index >= 15 is 0 Å². The molecule has 112 valence electrons. The molecule has 20 heavy (non-hydrogen) atoms. The lowest BCUT2D eigenvalue weighted by Gasteiger charge is -2.33. The van der Waals surface area contributed by atoms with Gasteiger partial charge in [0.25, 0.3) is 0 Å². The highest BCUT2D eigenvalue weighted by Gasteiger charge is 2.19. The lowest BCUT2D eigenvalue weighted by Crippen LogP contribution is -2.37. The minimum absolute atomic E-state index is 0.147. The van der Waals surface area contributed by atoms with Crippen LogP contribution in [0.15, 0.2) is 24.3 Å². The van der Waals surface area contributed by atoms with Gasteiger partial charge in [0.15, 0.2) is 0 Å². The summed E-state index contributed by atoms with van der Waals surface area (Å²) in [5.74, 6) is 0.720. The van der Waals surface area contributed by atoms with Gasteiger partial charge in [-0.05, 0) is 63.0 Å². The molecule has 3 heteroatoms. The zero-order valence-electron chi connectivity index (χ0n) is 12.7. The third-order valence-electron chi connectivity index (χ3n) is 4.51. The summed E-state index contributed by atoms with van der Waals surface area (Å²) in [5, 5.41) is 3.32. The summed E-state index contributed by atoms with van der Waals surface area (Å²) in [7, 11) is 1.96. The lowest BCUT2D eigenvalue weighted by molar-refractivity contribution is 0.165. The van der Waals surface area contributed by atoms with Crippen molar-refractivity contribution in [2.75, 3.05) is 26.7 Å². The summed E-state index contributed by atoms with van der Waals surface area (Å²) < 4.78 is 13.3. The van der Waals surface area contributed by atoms with E-state index < -0.39 is 0 Å². The second-order valence-electron chi connectivity index (χ2n) is 5.90. The van der Waals surface area contributed by atoms with Crippen LogP contribution in [0.25, 0.3) is 0 Å². The molecule has 1 N–H and O–H groups in total. The summed E-state index contributed by atoms with van der Waals surface area (Å²) in [5.41, 5.74) is 1.05. The number of benzene rings is 1. The Kier molecular flexibility index (Phi) is 5.99. The number of hydrogen-bond acceptors (Lipinski definition) is 2. The van der Waals surface area contributed by atoms with E-state index in [1.54, 1.807) is 12.1 Å². The SMILES string of the molecule is CCC1CCCN(CCC(NC)c2cccc(F)c2)C1. The zero-order chi connectivity index (χ0) is 14.4. The summed E-state index contributed by atoms with van der Waals surface area (Å²) in [6.45, 7) is 5.84. The van der Waals surface area contributed by atoms with E-state index in [2.05, 4.69) is 17.1 Å². The van der Waals surface area contributed by atoms with Crippen molar-refractivity contribution in [3.05, 3.63) is 35.6 Å². The number of nitrogens with one attached hydrogen (secondary N) is 1. The Morgan fingerprint density at radius 1 is 1.45 bits per heavy atom. The van der Waals surface area contributed by atoms with Crippen LogP contribution >= 0.6 is 0 Å². The topological polar surface area (TPSA) is 15.3 Å². The highest BCUT2D eigenvalue weighted by atomic mass is 19.1. The van der Waals surface area contributed by atoms with Crippen LogP contribution in [0.3, 0.4) is 0 Å². The number of likely N-dealkylation sites (tertiary alicyclic amines) is 1. The van der Waals surface area contributed by atoms with E-state index in [1.165, 1.54) is 38.4 Å². The number of piperidine rings is 1. The number of rotatable bonds is 6. The minimum atomic E-state index is -0.147. The third-order valence-corrected chi connectivity index (χ3v) is 4.51. The predicted octanol–water partition coefficient (Wildman–Crippen LogP) is 3.60. The molecule has 0 amide bonds. The molecule has 0 spiro atoms. The summed E-state index contributed by atoms with van der Waals surface area (Å²) in [6.07, 6.45) is 5.03. The fourth-order valence-electron chi connectivity index (χ4n) is 3.20. The molecule has 1 heterocycles. The van der Waals surface area contributed by atoms with E-state index in [0.29, 0.717) is 0 Å². The zero-order valence-corrected chi connectivity index (χ0v) is 12.7. The molecular formula is C17H27FN2. The number of hydrogen-bond donors (Lipinski definition) is 1. The summed E-state index contributed by atoms with van der Waals surface area (Å²) in [4.78, 5) is 2.57. The first-order valence-electron chi connectivity index (χ1n) is 7.88. The molecule has 1 aliphatic rings. The maximum Gasteiger partial charge on any atom is 0.123 e. The van der Waals surface area contributed by atoms with E-state index in [4.69, 9.17) is 0 Å². The van der Waals surface area contributed by atoms with Crippen LogP contribution in [-0.2, 0) is 0 Å². The van der Waals surface area contributed by atoms with Crippen molar-refractivity contribution >= 4 is 0 Å². The molecule has 1 aromatic rings. The van der Waals surface area contributed by atoms with Gasteiger partial charge in [-0.25, -0.2) is 4.39 Å². The average molecular weight is 278 g/mol. The fraction of sp³-hybridized carbons (Fsp3) is 0.647. The summed E-state index contributed by atoms with van der Waals surface area (Å²) in [6, 6.07) is 7.20. The van der Waals surface area contributed by atoms with Crippen LogP contribution in [0, 0.1) is 11.7 Å². The monoisotopic (exact) mass is 278 g/mol. The van der Waals surface area contributed by atoms with Gasteiger partial charge in [0, 0.05) is 12.6 Å². The molecule has 1 aliphatic heterocycles. The molecule has 2 unspecified atom stereocenters. The molecule has 2 nitrogen and oxygen atoms in total. The first-order chi connectivity index (χ1) is 9.72. The third kappa shape index (κ3) is 4.29. The van der Waals surface area contributed by atoms with Crippen LogP contribution in [0.2, 0.25) is 0 Å². The Labute approximate surface area is 122 Å². The van der Waals surface area contributed by atoms with Crippen molar-refractivity contribution in [1.29, 1.82) is 0 Å². The normalized spacial score (nSPS) is 21.9. The number of nitrogens with zero attached hydrogens (tertiary/aromatic N) is 1. The van der Waals surface area contributed by atoms with Crippen LogP contribution < -0.4 is 5.32 Å². The Hall–Kier alpha value is -0.930. The molecular weight excluding hydrogens is 251 g/mol. The average Bonchev–Trinajstić information content (AvgIpc) is 2.48. The predicted molar refractivity (Wildman–Crippen MR) is 82.3 cm³/mol. The fourth-order valence-corrected chi connectivity index (χ4v) is 3.20. The molecule has 0 bridgehead atoms. The van der Waals surface area contributed by atoms with Gasteiger partial charge in [0.1, 0.15) is 5.82 Å². The lowest BCUT2D eigenvalue weighted by atomic mass is 9.95. The number of halogens is 1. The van der Waals surface area contributed by atoms with Gasteiger partial charge in [0.2, 0.25) is 0 Å². The summed E-state index contributed by atoms with van der Waals surface area (Å²) >= 11 is 0. The molecule has 1 fully saturated rings. The van der Waals surface area contributed by atoms with E-state index in [0.717, 1.165) is 24.4 Å². The van der Waals surface area contributed by atoms with E-state index in [1.807, 2.05) is 13.1 Å². The Morgan fingerprint density at radius 3 is 3.00 bits per heavy atom. The van der Waals surface area contributed by atoms with E-state index in [9.17, 15) is 4.39 Å². The first-order valence-corrected chi connectivity index (χ1v) is 7.88. The molecule has 2 atom stereocenters. The van der Waals surface area contributed by atoms with Crippen LogP contribution in [0.5, 0.6) is 0 Å². The second kappa shape index (κ2) is 7.75. The highest BCUT2D eigenvalue weighted by Crippen LogP contribution is 2.22. The maximum atomic E-state index is 13.3. The van der Waals surface area contributed by atoms with Gasteiger partial charge in [-0.1, -0.05) is 25.5 Å². The highest BCUT2D eigenvalue weighted by molar-refractivity contribution is 5.20. The van der Waals surface area contributed by atoms with Crippen LogP contribution in [0.4, 0.5) is 4.39 Å². The van der Waals surface area contributed by atoms with Gasteiger partial charge < -0.3 is 10.2 Å². The van der Waals surface area contributed by atoms with E-state index in [-0.39, 0.29) is 11.9 Å². The maximum absolute atomic E-state index is 13.3. The molecule has 0 aliphatic carbocycles. The second-order valence-corrected chi connectivity index (χ2v) is 5.90. The van der Waals surface area contributed by atoms with Crippen molar-refractivity contribution in [3.63, 3.8) is 0 Å². The van der Waals surface area contributed by atoms with Crippen molar-refractivity contribution in [3.8, 4) is 0 Å². The first kappa shape index (κ1) is 15.5. The van der Waals surface area contributed by atoms with Gasteiger partial charge >= 0.3 is 0 Å². The van der Waals surface area contributed by atoms with Crippen molar-refractivity contribution in [1.82, 2.24) is 10.2 Å². The Morgan fingerprint density at radius 2 is 2.30 bits per heavy atom. The van der Waals surface area contributed by atoms with Crippen LogP contribution in [-0.4, -0.2) is 31.6 Å². The van der Waals surface area contributed by atoms with Gasteiger partial charge in [-0.3, -0.25) is 0 Å². The van der Waals surface area contributed by atoms with Crippen molar-refractivity contribution in [2.45, 2.75) is 38.6 Å². The molecule has 1 aromatic carbocycles. The largest absolute Gasteiger partial charge is 0.313 e. The quantitative estimate of drug-likeness (QED) is 0.855. The van der Waals surface area contributed by atoms with Crippen LogP contribution in [0.1, 0.15) is 44.2 Å². The van der Waals surface area contributed by atoms with Gasteiger partial charge in [-0.2, -0.15) is 0 Å². The van der Waals surface area contributed by atoms with Gasteiger partial charge in [-0.15, -0.1) is 0 Å². The van der Waals surface area contributed by atoms with Crippen molar-refractivity contribution < 1.29 is 4.39 Å². The molecule has 2 rings (SSSR count). The molecule has 0 radical (unpaired) electrons. The molecule has 1 saturated heterocycles. The minimum Gasteiger partial charge on any atom is -0.313 e. The smallest absolute Gasteiger partial charge is 0.123 e. The van der Waals surface area contributed by atoms with Gasteiger partial charge in [0.05, 0.1) is 0 Å². The Bertz CT molecular complexity index is 408. The molecule has 0 saturated carbocycles.